The quantitative estimate of drug-likeness (QED) is 0.793. The summed E-state index contributed by atoms with van der Waals surface area (Å²) in [6, 6.07) is 2.43. The number of nitrogens with zero attached hydrogens (tertiary/aromatic N) is 1. The van der Waals surface area contributed by atoms with Gasteiger partial charge in [-0.05, 0) is 30.9 Å². The van der Waals surface area contributed by atoms with Crippen LogP contribution in [0.25, 0.3) is 0 Å². The van der Waals surface area contributed by atoms with E-state index in [1.165, 1.54) is 6.07 Å². The average molecular weight is 252 g/mol. The van der Waals surface area contributed by atoms with Gasteiger partial charge in [-0.15, -0.1) is 0 Å². The van der Waals surface area contributed by atoms with E-state index in [1.54, 1.807) is 0 Å². The molecule has 3 N–H and O–H groups in total. The van der Waals surface area contributed by atoms with E-state index >= 15 is 0 Å². The topological polar surface area (TPSA) is 66.6 Å². The van der Waals surface area contributed by atoms with E-state index in [9.17, 15) is 9.18 Å². The molecule has 98 valence electrons. The SMILES string of the molecule is CC1CCN(c2cc(C(=O)O)c(N)cc2F)CC1. The Kier molecular flexibility index (Phi) is 3.41. The summed E-state index contributed by atoms with van der Waals surface area (Å²) in [4.78, 5) is 12.9. The number of carboxylic acids is 1. The molecule has 0 amide bonds. The number of nitrogen functional groups attached to an aromatic ring is 1. The van der Waals surface area contributed by atoms with E-state index in [1.807, 2.05) is 4.90 Å². The van der Waals surface area contributed by atoms with Crippen LogP contribution < -0.4 is 10.6 Å². The van der Waals surface area contributed by atoms with E-state index in [-0.39, 0.29) is 11.3 Å². The molecule has 18 heavy (non-hydrogen) atoms. The third-order valence-electron chi connectivity index (χ3n) is 3.47. The number of hydrogen-bond donors (Lipinski definition) is 2. The molecule has 0 unspecified atom stereocenters. The second kappa shape index (κ2) is 4.84. The molecule has 1 heterocycles. The van der Waals surface area contributed by atoms with Gasteiger partial charge < -0.3 is 15.7 Å². The van der Waals surface area contributed by atoms with Gasteiger partial charge in [0.1, 0.15) is 5.82 Å². The monoisotopic (exact) mass is 252 g/mol. The Morgan fingerprint density at radius 1 is 1.44 bits per heavy atom. The highest BCUT2D eigenvalue weighted by molar-refractivity contribution is 5.95. The Morgan fingerprint density at radius 2 is 2.06 bits per heavy atom. The number of carboxylic acid groups (broad SMARTS) is 1. The molecule has 1 fully saturated rings. The van der Waals surface area contributed by atoms with Crippen LogP contribution in [0, 0.1) is 11.7 Å². The van der Waals surface area contributed by atoms with Gasteiger partial charge >= 0.3 is 5.97 Å². The second-order valence-corrected chi connectivity index (χ2v) is 4.87. The smallest absolute Gasteiger partial charge is 0.337 e. The summed E-state index contributed by atoms with van der Waals surface area (Å²) >= 11 is 0. The lowest BCUT2D eigenvalue weighted by Gasteiger charge is -2.32. The van der Waals surface area contributed by atoms with E-state index in [4.69, 9.17) is 10.8 Å². The summed E-state index contributed by atoms with van der Waals surface area (Å²) in [5, 5.41) is 9.00. The van der Waals surface area contributed by atoms with Crippen molar-refractivity contribution in [1.29, 1.82) is 0 Å². The average Bonchev–Trinajstić information content (AvgIpc) is 2.30. The molecular formula is C13H17FN2O2. The third-order valence-corrected chi connectivity index (χ3v) is 3.47. The number of nitrogens with two attached hydrogens (primary N) is 1. The molecule has 0 atom stereocenters. The van der Waals surface area contributed by atoms with E-state index in [0.717, 1.165) is 32.0 Å². The molecule has 2 rings (SSSR count). The zero-order chi connectivity index (χ0) is 13.3. The van der Waals surface area contributed by atoms with Crippen LogP contribution in [-0.4, -0.2) is 24.2 Å². The highest BCUT2D eigenvalue weighted by Crippen LogP contribution is 2.29. The minimum atomic E-state index is -1.13. The molecule has 0 aliphatic carbocycles. The van der Waals surface area contributed by atoms with Crippen molar-refractivity contribution in [2.45, 2.75) is 19.8 Å². The van der Waals surface area contributed by atoms with Crippen LogP contribution in [0.4, 0.5) is 15.8 Å². The highest BCUT2D eigenvalue weighted by Gasteiger charge is 2.21. The molecule has 1 aromatic rings. The van der Waals surface area contributed by atoms with Gasteiger partial charge in [-0.3, -0.25) is 0 Å². The Labute approximate surface area is 105 Å². The fourth-order valence-corrected chi connectivity index (χ4v) is 2.25. The summed E-state index contributed by atoms with van der Waals surface area (Å²) in [6.45, 7) is 3.67. The maximum absolute atomic E-state index is 13.9. The Bertz CT molecular complexity index is 468. The van der Waals surface area contributed by atoms with Crippen molar-refractivity contribution in [3.05, 3.63) is 23.5 Å². The van der Waals surface area contributed by atoms with Crippen molar-refractivity contribution in [1.82, 2.24) is 0 Å². The summed E-state index contributed by atoms with van der Waals surface area (Å²) < 4.78 is 13.9. The molecule has 1 aliphatic heterocycles. The van der Waals surface area contributed by atoms with Crippen LogP contribution in [0.5, 0.6) is 0 Å². The van der Waals surface area contributed by atoms with Gasteiger partial charge in [0.05, 0.1) is 11.3 Å². The molecule has 0 radical (unpaired) electrons. The van der Waals surface area contributed by atoms with Crippen LogP contribution in [0.3, 0.4) is 0 Å². The molecule has 5 heteroatoms. The molecule has 4 nitrogen and oxygen atoms in total. The van der Waals surface area contributed by atoms with E-state index in [0.29, 0.717) is 11.6 Å². The molecular weight excluding hydrogens is 235 g/mol. The first kappa shape index (κ1) is 12.7. The summed E-state index contributed by atoms with van der Waals surface area (Å²) in [7, 11) is 0. The second-order valence-electron chi connectivity index (χ2n) is 4.87. The first-order valence-electron chi connectivity index (χ1n) is 6.06. The standard InChI is InChI=1S/C13H17FN2O2/c1-8-2-4-16(5-3-8)12-6-9(13(17)18)11(15)7-10(12)14/h6-8H,2-5,15H2,1H3,(H,17,18). The van der Waals surface area contributed by atoms with E-state index in [2.05, 4.69) is 6.92 Å². The zero-order valence-corrected chi connectivity index (χ0v) is 10.3. The first-order chi connectivity index (χ1) is 8.49. The number of halogens is 1. The minimum absolute atomic E-state index is 0.0332. The van der Waals surface area contributed by atoms with Crippen molar-refractivity contribution < 1.29 is 14.3 Å². The van der Waals surface area contributed by atoms with Gasteiger partial charge in [0.15, 0.2) is 0 Å². The molecule has 0 aromatic heterocycles. The molecule has 1 saturated heterocycles. The number of hydrogen-bond acceptors (Lipinski definition) is 3. The van der Waals surface area contributed by atoms with Crippen LogP contribution in [0.1, 0.15) is 30.1 Å². The lowest BCUT2D eigenvalue weighted by molar-refractivity contribution is 0.0698. The normalized spacial score (nSPS) is 16.9. The summed E-state index contributed by atoms with van der Waals surface area (Å²) in [6.07, 6.45) is 1.98. The minimum Gasteiger partial charge on any atom is -0.478 e. The third kappa shape index (κ3) is 2.39. The van der Waals surface area contributed by atoms with Gasteiger partial charge in [0.25, 0.3) is 0 Å². The van der Waals surface area contributed by atoms with Gasteiger partial charge in [0.2, 0.25) is 0 Å². The fourth-order valence-electron chi connectivity index (χ4n) is 2.25. The van der Waals surface area contributed by atoms with Crippen molar-refractivity contribution in [2.75, 3.05) is 23.7 Å². The van der Waals surface area contributed by atoms with Crippen molar-refractivity contribution in [3.63, 3.8) is 0 Å². The number of rotatable bonds is 2. The Morgan fingerprint density at radius 3 is 2.61 bits per heavy atom. The number of benzene rings is 1. The van der Waals surface area contributed by atoms with Gasteiger partial charge in [-0.1, -0.05) is 6.92 Å². The van der Waals surface area contributed by atoms with E-state index < -0.39 is 11.8 Å². The molecule has 0 bridgehead atoms. The van der Waals surface area contributed by atoms with Gasteiger partial charge in [-0.25, -0.2) is 9.18 Å². The first-order valence-corrected chi connectivity index (χ1v) is 6.06. The maximum Gasteiger partial charge on any atom is 0.337 e. The van der Waals surface area contributed by atoms with Crippen LogP contribution in [0.15, 0.2) is 12.1 Å². The highest BCUT2D eigenvalue weighted by atomic mass is 19.1. The molecule has 1 aromatic carbocycles. The molecule has 0 spiro atoms. The number of carbonyl (C=O) groups is 1. The predicted molar refractivity (Wildman–Crippen MR) is 68.4 cm³/mol. The molecule has 1 aliphatic rings. The number of piperidine rings is 1. The Hall–Kier alpha value is -1.78. The zero-order valence-electron chi connectivity index (χ0n) is 10.3. The van der Waals surface area contributed by atoms with Crippen LogP contribution >= 0.6 is 0 Å². The Balaban J connectivity index is 2.32. The predicted octanol–water partition coefficient (Wildman–Crippen LogP) is 2.34. The van der Waals surface area contributed by atoms with Crippen LogP contribution in [0.2, 0.25) is 0 Å². The number of aromatic carboxylic acids is 1. The number of anilines is 2. The van der Waals surface area contributed by atoms with Crippen molar-refractivity contribution >= 4 is 17.3 Å². The lowest BCUT2D eigenvalue weighted by atomic mass is 9.98. The largest absolute Gasteiger partial charge is 0.478 e. The molecule has 0 saturated carbocycles. The van der Waals surface area contributed by atoms with Crippen molar-refractivity contribution in [3.8, 4) is 0 Å². The van der Waals surface area contributed by atoms with Gasteiger partial charge in [-0.2, -0.15) is 0 Å². The summed E-state index contributed by atoms with van der Waals surface area (Å²) in [5.74, 6) is -0.941. The summed E-state index contributed by atoms with van der Waals surface area (Å²) in [5.41, 5.74) is 5.77. The van der Waals surface area contributed by atoms with Crippen molar-refractivity contribution in [2.24, 2.45) is 5.92 Å². The van der Waals surface area contributed by atoms with Crippen LogP contribution in [-0.2, 0) is 0 Å². The van der Waals surface area contributed by atoms with Gasteiger partial charge in [0, 0.05) is 18.8 Å². The lowest BCUT2D eigenvalue weighted by Crippen LogP contribution is -2.33. The fraction of sp³-hybridized carbons (Fsp3) is 0.462. The maximum atomic E-state index is 13.9.